The number of carbonyl (C=O) groups excluding carboxylic acids is 2. The van der Waals surface area contributed by atoms with Gasteiger partial charge < -0.3 is 15.4 Å². The largest absolute Gasteiger partial charge is 0.497 e. The minimum atomic E-state index is -0.274. The average Bonchev–Trinajstić information content (AvgIpc) is 3.37. The Morgan fingerprint density at radius 2 is 1.71 bits per heavy atom. The summed E-state index contributed by atoms with van der Waals surface area (Å²) < 4.78 is 6.72. The van der Waals surface area contributed by atoms with E-state index in [1.807, 2.05) is 42.5 Å². The van der Waals surface area contributed by atoms with Crippen LogP contribution in [0.4, 0.5) is 5.69 Å². The molecule has 0 aliphatic rings. The van der Waals surface area contributed by atoms with Crippen molar-refractivity contribution in [3.63, 3.8) is 0 Å². The van der Waals surface area contributed by atoms with Gasteiger partial charge in [0.05, 0.1) is 29.8 Å². The molecule has 1 aromatic heterocycles. The number of hydrogen-bond donors (Lipinski definition) is 2. The molecule has 0 atom stereocenters. The first-order valence-electron chi connectivity index (χ1n) is 10.9. The summed E-state index contributed by atoms with van der Waals surface area (Å²) in [4.78, 5) is 25.4. The molecule has 0 radical (unpaired) electrons. The van der Waals surface area contributed by atoms with Gasteiger partial charge >= 0.3 is 0 Å². The summed E-state index contributed by atoms with van der Waals surface area (Å²) in [5, 5.41) is 17.9. The van der Waals surface area contributed by atoms with Gasteiger partial charge in [0, 0.05) is 6.54 Å². The van der Waals surface area contributed by atoms with Crippen LogP contribution in [-0.4, -0.2) is 51.4 Å². The van der Waals surface area contributed by atoms with E-state index in [4.69, 9.17) is 4.74 Å². The second kappa shape index (κ2) is 11.8. The van der Waals surface area contributed by atoms with E-state index in [-0.39, 0.29) is 17.6 Å². The fourth-order valence-corrected chi connectivity index (χ4v) is 4.01. The highest BCUT2D eigenvalue weighted by Gasteiger charge is 2.15. The lowest BCUT2D eigenvalue weighted by Gasteiger charge is -2.11. The lowest BCUT2D eigenvalue weighted by atomic mass is 10.1. The Morgan fingerprint density at radius 3 is 2.49 bits per heavy atom. The van der Waals surface area contributed by atoms with Crippen molar-refractivity contribution in [3.05, 3.63) is 90.0 Å². The van der Waals surface area contributed by atoms with Crippen LogP contribution in [0, 0.1) is 0 Å². The van der Waals surface area contributed by atoms with Gasteiger partial charge in [0.1, 0.15) is 5.75 Å². The first-order chi connectivity index (χ1) is 17.1. The van der Waals surface area contributed by atoms with E-state index in [9.17, 15) is 9.59 Å². The summed E-state index contributed by atoms with van der Waals surface area (Å²) in [6.07, 6.45) is 0.723. The van der Waals surface area contributed by atoms with Crippen LogP contribution >= 0.6 is 11.8 Å². The molecule has 4 aromatic rings. The Hall–Kier alpha value is -4.18. The molecular weight excluding hydrogens is 464 g/mol. The summed E-state index contributed by atoms with van der Waals surface area (Å²) in [6, 6.07) is 24.1. The van der Waals surface area contributed by atoms with Crippen molar-refractivity contribution in [2.24, 2.45) is 0 Å². The number of aromatic nitrogens is 4. The van der Waals surface area contributed by atoms with Gasteiger partial charge in [-0.15, -0.1) is 5.10 Å². The zero-order chi connectivity index (χ0) is 24.5. The summed E-state index contributed by atoms with van der Waals surface area (Å²) in [5.41, 5.74) is 2.74. The van der Waals surface area contributed by atoms with Crippen molar-refractivity contribution in [3.8, 4) is 11.4 Å². The molecule has 0 saturated heterocycles. The van der Waals surface area contributed by atoms with Gasteiger partial charge in [0.15, 0.2) is 0 Å². The topological polar surface area (TPSA) is 111 Å². The molecule has 10 heteroatoms. The molecular formula is C25H24N6O3S. The molecule has 3 aromatic carbocycles. The number of amides is 2. The number of hydrogen-bond acceptors (Lipinski definition) is 7. The molecule has 178 valence electrons. The van der Waals surface area contributed by atoms with Gasteiger partial charge in [-0.25, -0.2) is 0 Å². The lowest BCUT2D eigenvalue weighted by Crippen LogP contribution is -2.27. The summed E-state index contributed by atoms with van der Waals surface area (Å²) in [7, 11) is 1.60. The molecule has 2 N–H and O–H groups in total. The molecule has 1 heterocycles. The molecule has 35 heavy (non-hydrogen) atoms. The number of benzene rings is 3. The smallest absolute Gasteiger partial charge is 0.253 e. The Kier molecular flexibility index (Phi) is 8.08. The highest BCUT2D eigenvalue weighted by atomic mass is 32.2. The molecule has 4 rings (SSSR count). The highest BCUT2D eigenvalue weighted by Crippen LogP contribution is 2.21. The number of ether oxygens (including phenoxy) is 1. The normalized spacial score (nSPS) is 10.5. The van der Waals surface area contributed by atoms with Gasteiger partial charge in [-0.1, -0.05) is 54.2 Å². The molecule has 0 unspecified atom stereocenters. The fraction of sp³-hybridized carbons (Fsp3) is 0.160. The first kappa shape index (κ1) is 24.0. The van der Waals surface area contributed by atoms with E-state index >= 15 is 0 Å². The monoisotopic (exact) mass is 488 g/mol. The third kappa shape index (κ3) is 6.45. The predicted molar refractivity (Wildman–Crippen MR) is 134 cm³/mol. The van der Waals surface area contributed by atoms with E-state index in [1.165, 1.54) is 11.8 Å². The predicted octanol–water partition coefficient (Wildman–Crippen LogP) is 3.37. The maximum Gasteiger partial charge on any atom is 0.253 e. The summed E-state index contributed by atoms with van der Waals surface area (Å²) in [5.74, 6) is 0.274. The summed E-state index contributed by atoms with van der Waals surface area (Å²) in [6.45, 7) is 0.495. The molecule has 0 saturated carbocycles. The van der Waals surface area contributed by atoms with Crippen LogP contribution in [0.25, 0.3) is 5.69 Å². The van der Waals surface area contributed by atoms with Gasteiger partial charge in [0.25, 0.3) is 5.91 Å². The standard InChI is InChI=1S/C25H24N6O3S/c1-34-20-13-11-19(12-14-20)31-25(28-29-30-31)35-17-23(32)27-22-10-6-5-9-21(22)24(33)26-16-15-18-7-3-2-4-8-18/h2-14H,15-17H2,1H3,(H,26,33)(H,27,32). The third-order valence-corrected chi connectivity index (χ3v) is 6.00. The van der Waals surface area contributed by atoms with Crippen molar-refractivity contribution in [1.29, 1.82) is 0 Å². The maximum absolute atomic E-state index is 12.7. The SMILES string of the molecule is COc1ccc(-n2nnnc2SCC(=O)Nc2ccccc2C(=O)NCCc2ccccc2)cc1. The zero-order valence-electron chi connectivity index (χ0n) is 19.0. The van der Waals surface area contributed by atoms with Crippen LogP contribution in [0.2, 0.25) is 0 Å². The number of rotatable bonds is 10. The number of nitrogens with zero attached hydrogens (tertiary/aromatic N) is 4. The molecule has 0 fully saturated rings. The van der Waals surface area contributed by atoms with Gasteiger partial charge in [-0.2, -0.15) is 4.68 Å². The molecule has 0 bridgehead atoms. The van der Waals surface area contributed by atoms with Crippen LogP contribution < -0.4 is 15.4 Å². The van der Waals surface area contributed by atoms with Gasteiger partial charge in [-0.3, -0.25) is 9.59 Å². The number of para-hydroxylation sites is 1. The first-order valence-corrected chi connectivity index (χ1v) is 11.9. The lowest BCUT2D eigenvalue weighted by molar-refractivity contribution is -0.113. The van der Waals surface area contributed by atoms with Crippen LogP contribution in [0.1, 0.15) is 15.9 Å². The number of carbonyl (C=O) groups is 2. The van der Waals surface area contributed by atoms with Crippen molar-refractivity contribution >= 4 is 29.3 Å². The Balaban J connectivity index is 1.34. The number of nitrogens with one attached hydrogen (secondary N) is 2. The van der Waals surface area contributed by atoms with Crippen molar-refractivity contribution in [2.75, 3.05) is 24.7 Å². The Labute approximate surface area is 206 Å². The third-order valence-electron chi connectivity index (χ3n) is 5.08. The number of methoxy groups -OCH3 is 1. The second-order valence-electron chi connectivity index (χ2n) is 7.45. The fourth-order valence-electron chi connectivity index (χ4n) is 3.32. The van der Waals surface area contributed by atoms with Crippen LogP contribution in [-0.2, 0) is 11.2 Å². The number of anilines is 1. The minimum Gasteiger partial charge on any atom is -0.497 e. The van der Waals surface area contributed by atoms with E-state index in [1.54, 1.807) is 48.2 Å². The van der Waals surface area contributed by atoms with E-state index in [0.29, 0.717) is 23.0 Å². The van der Waals surface area contributed by atoms with E-state index in [2.05, 4.69) is 26.2 Å². The van der Waals surface area contributed by atoms with Crippen LogP contribution in [0.3, 0.4) is 0 Å². The average molecular weight is 489 g/mol. The zero-order valence-corrected chi connectivity index (χ0v) is 19.9. The second-order valence-corrected chi connectivity index (χ2v) is 8.39. The quantitative estimate of drug-likeness (QED) is 0.329. The van der Waals surface area contributed by atoms with Crippen molar-refractivity contribution < 1.29 is 14.3 Å². The maximum atomic E-state index is 12.7. The van der Waals surface area contributed by atoms with Crippen molar-refractivity contribution in [1.82, 2.24) is 25.5 Å². The van der Waals surface area contributed by atoms with Crippen molar-refractivity contribution in [2.45, 2.75) is 11.6 Å². The molecule has 0 aliphatic heterocycles. The molecule has 2 amide bonds. The Bertz CT molecular complexity index is 1280. The highest BCUT2D eigenvalue weighted by molar-refractivity contribution is 7.99. The Morgan fingerprint density at radius 1 is 0.971 bits per heavy atom. The van der Waals surface area contributed by atoms with Gasteiger partial charge in [-0.05, 0) is 58.8 Å². The summed E-state index contributed by atoms with van der Waals surface area (Å²) >= 11 is 1.19. The van der Waals surface area contributed by atoms with Gasteiger partial charge in [0.2, 0.25) is 11.1 Å². The van der Waals surface area contributed by atoms with Crippen LogP contribution in [0.15, 0.2) is 84.0 Å². The minimum absolute atomic E-state index is 0.0699. The molecule has 9 nitrogen and oxygen atoms in total. The van der Waals surface area contributed by atoms with E-state index in [0.717, 1.165) is 23.4 Å². The number of tetrazole rings is 1. The molecule has 0 aliphatic carbocycles. The van der Waals surface area contributed by atoms with Crippen LogP contribution in [0.5, 0.6) is 5.75 Å². The van der Waals surface area contributed by atoms with E-state index < -0.39 is 0 Å². The number of thioether (sulfide) groups is 1. The molecule has 0 spiro atoms.